The van der Waals surface area contributed by atoms with Crippen molar-refractivity contribution >= 4 is 17.4 Å². The van der Waals surface area contributed by atoms with Crippen molar-refractivity contribution in [1.82, 2.24) is 14.6 Å². The summed E-state index contributed by atoms with van der Waals surface area (Å²) in [7, 11) is 0. The average Bonchev–Trinajstić information content (AvgIpc) is 2.85. The smallest absolute Gasteiger partial charge is 0.222 e. The Balaban J connectivity index is 1.91. The second-order valence-corrected chi connectivity index (χ2v) is 6.46. The molecule has 2 aromatic heterocycles. The van der Waals surface area contributed by atoms with Crippen LogP contribution in [0.1, 0.15) is 46.6 Å². The van der Waals surface area contributed by atoms with Crippen molar-refractivity contribution in [1.29, 1.82) is 0 Å². The number of fused-ring (bicyclic) bond motifs is 1. The number of ether oxygens (including phenoxy) is 2. The van der Waals surface area contributed by atoms with E-state index in [1.54, 1.807) is 10.7 Å². The Kier molecular flexibility index (Phi) is 3.23. The van der Waals surface area contributed by atoms with Gasteiger partial charge in [0.25, 0.3) is 0 Å². The van der Waals surface area contributed by atoms with Gasteiger partial charge in [-0.15, -0.1) is 0 Å². The maximum Gasteiger partial charge on any atom is 0.222 e. The van der Waals surface area contributed by atoms with Gasteiger partial charge in [-0.05, 0) is 39.8 Å². The zero-order valence-electron chi connectivity index (χ0n) is 13.4. The molecule has 0 aromatic carbocycles. The molecule has 1 fully saturated rings. The second kappa shape index (κ2) is 4.76. The predicted octanol–water partition coefficient (Wildman–Crippen LogP) is 2.29. The molecule has 7 heteroatoms. The van der Waals surface area contributed by atoms with Gasteiger partial charge in [0.05, 0.1) is 17.4 Å². The Hall–Kier alpha value is -1.99. The fourth-order valence-corrected chi connectivity index (χ4v) is 2.23. The average molecular weight is 304 g/mol. The zero-order chi connectivity index (χ0) is 16.1. The molecule has 2 aromatic rings. The molecule has 0 unspecified atom stereocenters. The number of nitrogens with one attached hydrogen (secondary N) is 1. The molecule has 1 aliphatic heterocycles. The molecule has 3 rings (SSSR count). The molecule has 0 bridgehead atoms. The lowest BCUT2D eigenvalue weighted by atomic mass is 9.90. The summed E-state index contributed by atoms with van der Waals surface area (Å²) >= 11 is 0. The molecule has 0 saturated carbocycles. The van der Waals surface area contributed by atoms with Crippen LogP contribution in [-0.4, -0.2) is 31.7 Å². The molecule has 1 aliphatic rings. The van der Waals surface area contributed by atoms with E-state index in [2.05, 4.69) is 15.4 Å². The first kappa shape index (κ1) is 14.9. The van der Waals surface area contributed by atoms with Gasteiger partial charge in [0, 0.05) is 6.92 Å². The van der Waals surface area contributed by atoms with E-state index >= 15 is 0 Å². The van der Waals surface area contributed by atoms with Crippen molar-refractivity contribution in [2.75, 3.05) is 5.32 Å². The van der Waals surface area contributed by atoms with E-state index in [0.29, 0.717) is 17.2 Å². The van der Waals surface area contributed by atoms with E-state index in [9.17, 15) is 4.79 Å². The van der Waals surface area contributed by atoms with Gasteiger partial charge in [-0.3, -0.25) is 4.79 Å². The van der Waals surface area contributed by atoms with Crippen LogP contribution in [0.4, 0.5) is 5.82 Å². The van der Waals surface area contributed by atoms with Crippen LogP contribution in [0.2, 0.25) is 0 Å². The summed E-state index contributed by atoms with van der Waals surface area (Å²) in [6.07, 6.45) is 1.13. The highest BCUT2D eigenvalue weighted by atomic mass is 16.7. The van der Waals surface area contributed by atoms with Crippen LogP contribution in [0.15, 0.2) is 18.3 Å². The molecule has 3 heterocycles. The van der Waals surface area contributed by atoms with Crippen LogP contribution < -0.4 is 5.32 Å². The lowest BCUT2D eigenvalue weighted by Crippen LogP contribution is -2.41. The van der Waals surface area contributed by atoms with E-state index in [-0.39, 0.29) is 5.91 Å². The number of imidazole rings is 1. The maximum absolute atomic E-state index is 11.1. The molecule has 7 nitrogen and oxygen atoms in total. The molecular weight excluding hydrogens is 284 g/mol. The molecular formula is C15H20N4O3. The van der Waals surface area contributed by atoms with E-state index in [1.807, 2.05) is 39.8 Å². The van der Waals surface area contributed by atoms with E-state index in [1.165, 1.54) is 6.92 Å². The molecule has 1 amide bonds. The summed E-state index contributed by atoms with van der Waals surface area (Å²) in [5, 5.41) is 7.11. The number of anilines is 1. The number of rotatable bonds is 2. The highest BCUT2D eigenvalue weighted by Crippen LogP contribution is 2.44. The zero-order valence-corrected chi connectivity index (χ0v) is 13.4. The maximum atomic E-state index is 11.1. The van der Waals surface area contributed by atoms with Crippen LogP contribution in [0.3, 0.4) is 0 Å². The summed E-state index contributed by atoms with van der Waals surface area (Å²) in [6.45, 7) is 9.43. The first-order valence-electron chi connectivity index (χ1n) is 7.17. The van der Waals surface area contributed by atoms with Crippen LogP contribution in [-0.2, 0) is 14.3 Å². The Morgan fingerprint density at radius 3 is 2.45 bits per heavy atom. The van der Waals surface area contributed by atoms with Crippen LogP contribution >= 0.6 is 0 Å². The van der Waals surface area contributed by atoms with Gasteiger partial charge in [-0.25, -0.2) is 9.50 Å². The van der Waals surface area contributed by atoms with E-state index in [0.717, 1.165) is 0 Å². The SMILES string of the molecule is CC(=O)Nc1cn2nc(C3OC(C)(C)C(C)(C)O3)ccc2n1. The first-order valence-corrected chi connectivity index (χ1v) is 7.17. The molecule has 22 heavy (non-hydrogen) atoms. The van der Waals surface area contributed by atoms with Gasteiger partial charge >= 0.3 is 0 Å². The minimum Gasteiger partial charge on any atom is -0.338 e. The first-order chi connectivity index (χ1) is 10.2. The quantitative estimate of drug-likeness (QED) is 0.921. The Labute approximate surface area is 128 Å². The van der Waals surface area contributed by atoms with Crippen molar-refractivity contribution in [3.05, 3.63) is 24.0 Å². The highest BCUT2D eigenvalue weighted by molar-refractivity contribution is 5.87. The van der Waals surface area contributed by atoms with Gasteiger partial charge < -0.3 is 14.8 Å². The fraction of sp³-hybridized carbons (Fsp3) is 0.533. The minimum absolute atomic E-state index is 0.172. The number of hydrogen-bond donors (Lipinski definition) is 1. The molecule has 0 atom stereocenters. The van der Waals surface area contributed by atoms with E-state index < -0.39 is 17.5 Å². The summed E-state index contributed by atoms with van der Waals surface area (Å²) < 4.78 is 13.6. The standard InChI is InChI=1S/C15H20N4O3/c1-9(20)16-11-8-19-12(17-11)7-6-10(18-19)13-21-14(2,3)15(4,5)22-13/h6-8,13H,1-5H3,(H,16,20). The third kappa shape index (κ3) is 2.46. The second-order valence-electron chi connectivity index (χ2n) is 6.46. The van der Waals surface area contributed by atoms with Gasteiger partial charge in [0.2, 0.25) is 12.2 Å². The molecule has 0 spiro atoms. The summed E-state index contributed by atoms with van der Waals surface area (Å²) in [5.74, 6) is 0.292. The lowest BCUT2D eigenvalue weighted by Gasteiger charge is -2.30. The van der Waals surface area contributed by atoms with Crippen molar-refractivity contribution in [2.24, 2.45) is 0 Å². The van der Waals surface area contributed by atoms with Crippen LogP contribution in [0.25, 0.3) is 5.65 Å². The highest BCUT2D eigenvalue weighted by Gasteiger charge is 2.50. The molecule has 0 aliphatic carbocycles. The number of carbonyl (C=O) groups excluding carboxylic acids is 1. The third-order valence-electron chi connectivity index (χ3n) is 4.14. The fourth-order valence-electron chi connectivity index (χ4n) is 2.23. The molecule has 118 valence electrons. The Morgan fingerprint density at radius 1 is 1.23 bits per heavy atom. The van der Waals surface area contributed by atoms with E-state index in [4.69, 9.17) is 9.47 Å². The summed E-state index contributed by atoms with van der Waals surface area (Å²) in [5.41, 5.74) is 0.483. The van der Waals surface area contributed by atoms with Crippen LogP contribution in [0.5, 0.6) is 0 Å². The van der Waals surface area contributed by atoms with Gasteiger partial charge in [-0.1, -0.05) is 0 Å². The van der Waals surface area contributed by atoms with Crippen molar-refractivity contribution in [3.8, 4) is 0 Å². The van der Waals surface area contributed by atoms with Gasteiger partial charge in [0.15, 0.2) is 11.5 Å². The minimum atomic E-state index is -0.527. The predicted molar refractivity (Wildman–Crippen MR) is 80.4 cm³/mol. The van der Waals surface area contributed by atoms with Crippen molar-refractivity contribution in [3.63, 3.8) is 0 Å². The Bertz CT molecular complexity index is 719. The molecule has 1 saturated heterocycles. The van der Waals surface area contributed by atoms with Crippen molar-refractivity contribution < 1.29 is 14.3 Å². The largest absolute Gasteiger partial charge is 0.338 e. The third-order valence-corrected chi connectivity index (χ3v) is 4.14. The van der Waals surface area contributed by atoms with Gasteiger partial charge in [0.1, 0.15) is 5.69 Å². The molecule has 1 N–H and O–H groups in total. The summed E-state index contributed by atoms with van der Waals surface area (Å²) in [4.78, 5) is 15.4. The molecule has 0 radical (unpaired) electrons. The van der Waals surface area contributed by atoms with Crippen molar-refractivity contribution in [2.45, 2.75) is 52.1 Å². The Morgan fingerprint density at radius 2 is 1.86 bits per heavy atom. The van der Waals surface area contributed by atoms with Gasteiger partial charge in [-0.2, -0.15) is 5.10 Å². The normalized spacial score (nSPS) is 20.4. The van der Waals surface area contributed by atoms with Crippen LogP contribution in [0, 0.1) is 0 Å². The number of aromatic nitrogens is 3. The lowest BCUT2D eigenvalue weighted by molar-refractivity contribution is -0.114. The monoisotopic (exact) mass is 304 g/mol. The number of hydrogen-bond acceptors (Lipinski definition) is 5. The number of nitrogens with zero attached hydrogens (tertiary/aromatic N) is 3. The topological polar surface area (TPSA) is 77.8 Å². The summed E-state index contributed by atoms with van der Waals surface area (Å²) in [6, 6.07) is 3.64. The number of amides is 1. The number of carbonyl (C=O) groups is 1.